The third kappa shape index (κ3) is 2.14. The van der Waals surface area contributed by atoms with Crippen LogP contribution in [0.25, 0.3) is 0 Å². The number of hydrogen-bond acceptors (Lipinski definition) is 5. The molecular weight excluding hydrogens is 224 g/mol. The summed E-state index contributed by atoms with van der Waals surface area (Å²) in [5.74, 6) is 1.33. The van der Waals surface area contributed by atoms with E-state index in [1.165, 1.54) is 11.8 Å². The van der Waals surface area contributed by atoms with E-state index in [-0.39, 0.29) is 0 Å². The summed E-state index contributed by atoms with van der Waals surface area (Å²) in [4.78, 5) is 5.32. The molecule has 4 nitrogen and oxygen atoms in total. The zero-order chi connectivity index (χ0) is 11.5. The van der Waals surface area contributed by atoms with E-state index in [9.17, 15) is 0 Å². The molecule has 0 radical (unpaired) electrons. The van der Waals surface area contributed by atoms with Crippen molar-refractivity contribution < 1.29 is 9.15 Å². The summed E-state index contributed by atoms with van der Waals surface area (Å²) < 4.78 is 10.3. The summed E-state index contributed by atoms with van der Waals surface area (Å²) in [7, 11) is 1.55. The lowest BCUT2D eigenvalue weighted by molar-refractivity contribution is 0.397. The van der Waals surface area contributed by atoms with Gasteiger partial charge in [0.15, 0.2) is 0 Å². The maximum atomic E-state index is 5.69. The van der Waals surface area contributed by atoms with Crippen LogP contribution in [-0.2, 0) is 0 Å². The Balaban J connectivity index is 2.25. The summed E-state index contributed by atoms with van der Waals surface area (Å²) in [5.41, 5.74) is 6.23. The molecule has 2 aromatic rings. The average molecular weight is 236 g/mol. The topological polar surface area (TPSA) is 61.3 Å². The van der Waals surface area contributed by atoms with Gasteiger partial charge in [0.2, 0.25) is 5.88 Å². The summed E-state index contributed by atoms with van der Waals surface area (Å²) >= 11 is 1.52. The van der Waals surface area contributed by atoms with Crippen molar-refractivity contribution in [3.05, 3.63) is 30.2 Å². The minimum atomic E-state index is 0.450. The summed E-state index contributed by atoms with van der Waals surface area (Å²) in [6.45, 7) is 1.91. The van der Waals surface area contributed by atoms with E-state index in [2.05, 4.69) is 4.98 Å². The van der Waals surface area contributed by atoms with Crippen molar-refractivity contribution in [3.8, 4) is 5.88 Å². The van der Waals surface area contributed by atoms with Gasteiger partial charge in [0, 0.05) is 0 Å². The standard InChI is InChI=1S/C11H12N2O2S/c1-7-9(5-6-15-7)16-10-4-3-8(12)11(13-10)14-2/h3-6H,12H2,1-2H3. The van der Waals surface area contributed by atoms with E-state index in [4.69, 9.17) is 14.9 Å². The highest BCUT2D eigenvalue weighted by atomic mass is 32.2. The first-order chi connectivity index (χ1) is 7.70. The van der Waals surface area contributed by atoms with E-state index < -0.39 is 0 Å². The van der Waals surface area contributed by atoms with Gasteiger partial charge in [0.25, 0.3) is 0 Å². The second-order valence-electron chi connectivity index (χ2n) is 3.19. The highest BCUT2D eigenvalue weighted by Crippen LogP contribution is 2.31. The Morgan fingerprint density at radius 2 is 2.19 bits per heavy atom. The third-order valence-electron chi connectivity index (χ3n) is 2.08. The van der Waals surface area contributed by atoms with Crippen LogP contribution < -0.4 is 10.5 Å². The van der Waals surface area contributed by atoms with Gasteiger partial charge in [-0.1, -0.05) is 11.8 Å². The maximum absolute atomic E-state index is 5.69. The van der Waals surface area contributed by atoms with Crippen molar-refractivity contribution in [3.63, 3.8) is 0 Å². The summed E-state index contributed by atoms with van der Waals surface area (Å²) in [6.07, 6.45) is 1.66. The van der Waals surface area contributed by atoms with Gasteiger partial charge in [-0.2, -0.15) is 0 Å². The summed E-state index contributed by atoms with van der Waals surface area (Å²) in [6, 6.07) is 5.54. The van der Waals surface area contributed by atoms with Crippen LogP contribution in [0.1, 0.15) is 5.76 Å². The van der Waals surface area contributed by atoms with Gasteiger partial charge in [-0.15, -0.1) is 0 Å². The van der Waals surface area contributed by atoms with Gasteiger partial charge in [-0.05, 0) is 25.1 Å². The molecule has 0 amide bonds. The Bertz CT molecular complexity index is 496. The van der Waals surface area contributed by atoms with E-state index in [1.807, 2.05) is 19.1 Å². The number of ether oxygens (including phenoxy) is 1. The molecule has 84 valence electrons. The molecule has 0 unspecified atom stereocenters. The molecule has 0 aliphatic carbocycles. The van der Waals surface area contributed by atoms with Gasteiger partial charge < -0.3 is 14.9 Å². The quantitative estimate of drug-likeness (QED) is 0.887. The van der Waals surface area contributed by atoms with Gasteiger partial charge in [0.05, 0.1) is 24.0 Å². The first kappa shape index (κ1) is 10.9. The predicted octanol–water partition coefficient (Wildman–Crippen LogP) is 2.73. The lowest BCUT2D eigenvalue weighted by Gasteiger charge is -2.05. The molecule has 5 heteroatoms. The number of rotatable bonds is 3. The number of nitrogen functional groups attached to an aromatic ring is 1. The highest BCUT2D eigenvalue weighted by Gasteiger charge is 2.07. The van der Waals surface area contributed by atoms with Gasteiger partial charge >= 0.3 is 0 Å². The normalized spacial score (nSPS) is 10.4. The molecule has 2 N–H and O–H groups in total. The SMILES string of the molecule is COc1nc(Sc2ccoc2C)ccc1N. The second-order valence-corrected chi connectivity index (χ2v) is 4.25. The Morgan fingerprint density at radius 1 is 1.38 bits per heavy atom. The number of pyridine rings is 1. The molecule has 0 saturated carbocycles. The number of nitrogens with two attached hydrogens (primary N) is 1. The Morgan fingerprint density at radius 3 is 2.81 bits per heavy atom. The van der Waals surface area contributed by atoms with Crippen molar-refractivity contribution in [2.75, 3.05) is 12.8 Å². The third-order valence-corrected chi connectivity index (χ3v) is 3.16. The number of aryl methyl sites for hydroxylation is 1. The van der Waals surface area contributed by atoms with Crippen LogP contribution >= 0.6 is 11.8 Å². The summed E-state index contributed by atoms with van der Waals surface area (Å²) in [5, 5.41) is 0.829. The lowest BCUT2D eigenvalue weighted by atomic mass is 10.4. The second kappa shape index (κ2) is 4.49. The number of hydrogen-bond donors (Lipinski definition) is 1. The van der Waals surface area contributed by atoms with Crippen molar-refractivity contribution in [2.45, 2.75) is 16.8 Å². The van der Waals surface area contributed by atoms with Gasteiger partial charge in [-0.3, -0.25) is 0 Å². The van der Waals surface area contributed by atoms with Gasteiger partial charge in [-0.25, -0.2) is 4.98 Å². The first-order valence-corrected chi connectivity index (χ1v) is 5.55. The molecule has 2 rings (SSSR count). The number of nitrogens with zero attached hydrogens (tertiary/aromatic N) is 1. The van der Waals surface area contributed by atoms with Crippen molar-refractivity contribution in [2.24, 2.45) is 0 Å². The first-order valence-electron chi connectivity index (χ1n) is 4.73. The van der Waals surface area contributed by atoms with Crippen LogP contribution in [-0.4, -0.2) is 12.1 Å². The molecule has 0 saturated heterocycles. The van der Waals surface area contributed by atoms with Gasteiger partial charge in [0.1, 0.15) is 10.8 Å². The van der Waals surface area contributed by atoms with Crippen LogP contribution in [0, 0.1) is 6.92 Å². The van der Waals surface area contributed by atoms with Crippen LogP contribution in [0.4, 0.5) is 5.69 Å². The zero-order valence-electron chi connectivity index (χ0n) is 9.06. The van der Waals surface area contributed by atoms with Crippen LogP contribution in [0.2, 0.25) is 0 Å². The fourth-order valence-corrected chi connectivity index (χ4v) is 2.05. The van der Waals surface area contributed by atoms with E-state index in [0.29, 0.717) is 11.6 Å². The predicted molar refractivity (Wildman–Crippen MR) is 62.8 cm³/mol. The highest BCUT2D eigenvalue weighted by molar-refractivity contribution is 7.99. The fraction of sp³-hybridized carbons (Fsp3) is 0.182. The Labute approximate surface area is 97.8 Å². The molecule has 2 heterocycles. The van der Waals surface area contributed by atoms with Crippen LogP contribution in [0.3, 0.4) is 0 Å². The van der Waals surface area contributed by atoms with Crippen molar-refractivity contribution in [1.82, 2.24) is 4.98 Å². The molecular formula is C11H12N2O2S. The molecule has 0 bridgehead atoms. The Hall–Kier alpha value is -1.62. The molecule has 0 aliphatic rings. The molecule has 0 fully saturated rings. The molecule has 0 atom stereocenters. The van der Waals surface area contributed by atoms with Crippen molar-refractivity contribution >= 4 is 17.4 Å². The maximum Gasteiger partial charge on any atom is 0.237 e. The molecule has 0 spiro atoms. The monoisotopic (exact) mass is 236 g/mol. The minimum Gasteiger partial charge on any atom is -0.480 e. The molecule has 16 heavy (non-hydrogen) atoms. The van der Waals surface area contributed by atoms with E-state index in [0.717, 1.165) is 15.7 Å². The smallest absolute Gasteiger partial charge is 0.237 e. The van der Waals surface area contributed by atoms with E-state index >= 15 is 0 Å². The average Bonchev–Trinajstić information content (AvgIpc) is 2.67. The number of anilines is 1. The number of furan rings is 1. The van der Waals surface area contributed by atoms with Crippen LogP contribution in [0.15, 0.2) is 38.8 Å². The van der Waals surface area contributed by atoms with Crippen molar-refractivity contribution in [1.29, 1.82) is 0 Å². The zero-order valence-corrected chi connectivity index (χ0v) is 9.88. The molecule has 2 aromatic heterocycles. The molecule has 0 aromatic carbocycles. The fourth-order valence-electron chi connectivity index (χ4n) is 1.25. The largest absolute Gasteiger partial charge is 0.480 e. The van der Waals surface area contributed by atoms with E-state index in [1.54, 1.807) is 19.4 Å². The molecule has 0 aliphatic heterocycles. The van der Waals surface area contributed by atoms with Crippen LogP contribution in [0.5, 0.6) is 5.88 Å². The minimum absolute atomic E-state index is 0.450. The number of aromatic nitrogens is 1. The Kier molecular flexibility index (Phi) is 3.05. The number of methoxy groups -OCH3 is 1. The lowest BCUT2D eigenvalue weighted by Crippen LogP contribution is -1.95.